The van der Waals surface area contributed by atoms with Crippen LogP contribution in [-0.4, -0.2) is 23.1 Å². The molecule has 0 unspecified atom stereocenters. The summed E-state index contributed by atoms with van der Waals surface area (Å²) in [4.78, 5) is 2.19. The normalized spacial score (nSPS) is 12.3. The molecule has 27 heavy (non-hydrogen) atoms. The fourth-order valence-electron chi connectivity index (χ4n) is 2.20. The van der Waals surface area contributed by atoms with Crippen LogP contribution in [0, 0.1) is 0 Å². The van der Waals surface area contributed by atoms with Crippen LogP contribution in [0.4, 0.5) is 0 Å². The average molecular weight is 405 g/mol. The number of hydrazone groups is 1. The molecule has 8 nitrogen and oxygen atoms in total. The number of benzene rings is 2. The number of furan rings is 1. The van der Waals surface area contributed by atoms with Crippen molar-refractivity contribution in [1.82, 2.24) is 4.83 Å². The van der Waals surface area contributed by atoms with E-state index in [-0.39, 0.29) is 9.79 Å². The van der Waals surface area contributed by atoms with Gasteiger partial charge in [-0.25, -0.2) is 13.6 Å². The standard InChI is InChI=1S/C17H15N3O5S2/c18-26(21,22)15-9-6-13(7-10-15)17-11-8-14(25-17)12-19-20-27(23,24)16-4-2-1-3-5-16/h1-12,20H,(H2,18,21,22)/b19-12-. The monoisotopic (exact) mass is 405 g/mol. The summed E-state index contributed by atoms with van der Waals surface area (Å²) in [5.41, 5.74) is 0.631. The first-order valence-electron chi connectivity index (χ1n) is 7.59. The van der Waals surface area contributed by atoms with Crippen LogP contribution in [0.5, 0.6) is 0 Å². The molecule has 140 valence electrons. The van der Waals surface area contributed by atoms with E-state index in [1.165, 1.54) is 30.5 Å². The number of hydrogen-bond acceptors (Lipinski definition) is 6. The van der Waals surface area contributed by atoms with E-state index in [0.29, 0.717) is 17.1 Å². The molecule has 10 heteroatoms. The summed E-state index contributed by atoms with van der Waals surface area (Å²) in [5.74, 6) is 0.777. The summed E-state index contributed by atoms with van der Waals surface area (Å²) >= 11 is 0. The van der Waals surface area contributed by atoms with Crippen molar-refractivity contribution < 1.29 is 21.3 Å². The van der Waals surface area contributed by atoms with E-state index in [2.05, 4.69) is 9.93 Å². The summed E-state index contributed by atoms with van der Waals surface area (Å²) in [5, 5.41) is 8.75. The molecule has 0 atom stereocenters. The molecule has 1 heterocycles. The molecule has 3 N–H and O–H groups in total. The van der Waals surface area contributed by atoms with Crippen LogP contribution in [0.2, 0.25) is 0 Å². The van der Waals surface area contributed by atoms with Crippen molar-refractivity contribution >= 4 is 26.3 Å². The van der Waals surface area contributed by atoms with E-state index >= 15 is 0 Å². The minimum absolute atomic E-state index is 0.00471. The highest BCUT2D eigenvalue weighted by atomic mass is 32.2. The predicted octanol–water partition coefficient (Wildman–Crippen LogP) is 1.91. The van der Waals surface area contributed by atoms with Crippen molar-refractivity contribution in [1.29, 1.82) is 0 Å². The number of nitrogens with one attached hydrogen (secondary N) is 1. The molecule has 1 aromatic heterocycles. The molecule has 3 aromatic rings. The first kappa shape index (κ1) is 18.8. The summed E-state index contributed by atoms with van der Waals surface area (Å²) in [6.45, 7) is 0. The van der Waals surface area contributed by atoms with Crippen LogP contribution in [0.3, 0.4) is 0 Å². The van der Waals surface area contributed by atoms with Crippen molar-refractivity contribution in [3.05, 3.63) is 72.5 Å². The van der Waals surface area contributed by atoms with Gasteiger partial charge in [0.1, 0.15) is 11.5 Å². The summed E-state index contributed by atoms with van der Waals surface area (Å²) < 4.78 is 52.2. The number of sulfonamides is 2. The van der Waals surface area contributed by atoms with Crippen molar-refractivity contribution in [2.75, 3.05) is 0 Å². The Balaban J connectivity index is 1.72. The molecule has 0 bridgehead atoms. The summed E-state index contributed by atoms with van der Waals surface area (Å²) in [6.07, 6.45) is 1.22. The molecule has 0 aliphatic heterocycles. The molecule has 0 saturated carbocycles. The summed E-state index contributed by atoms with van der Waals surface area (Å²) in [6, 6.07) is 16.9. The van der Waals surface area contributed by atoms with Gasteiger partial charge < -0.3 is 4.42 Å². The number of hydrogen-bond donors (Lipinski definition) is 2. The third-order valence-electron chi connectivity index (χ3n) is 3.51. The maximum absolute atomic E-state index is 12.0. The van der Waals surface area contributed by atoms with Crippen molar-refractivity contribution in [2.45, 2.75) is 9.79 Å². The van der Waals surface area contributed by atoms with Gasteiger partial charge in [-0.2, -0.15) is 18.4 Å². The van der Waals surface area contributed by atoms with Gasteiger partial charge in [0.05, 0.1) is 16.0 Å². The summed E-state index contributed by atoms with van der Waals surface area (Å²) in [7, 11) is -7.52. The van der Waals surface area contributed by atoms with Gasteiger partial charge in [0.25, 0.3) is 10.0 Å². The second-order valence-electron chi connectivity index (χ2n) is 5.44. The minimum atomic E-state index is -3.76. The first-order valence-corrected chi connectivity index (χ1v) is 10.6. The Morgan fingerprint density at radius 3 is 2.15 bits per heavy atom. The average Bonchev–Trinajstić information content (AvgIpc) is 3.11. The largest absolute Gasteiger partial charge is 0.455 e. The third kappa shape index (κ3) is 4.61. The van der Waals surface area contributed by atoms with Gasteiger partial charge in [-0.15, -0.1) is 0 Å². The maximum atomic E-state index is 12.0. The van der Waals surface area contributed by atoms with Gasteiger partial charge in [-0.05, 0) is 48.5 Å². The Labute approximate surface area is 156 Å². The van der Waals surface area contributed by atoms with E-state index in [0.717, 1.165) is 0 Å². The smallest absolute Gasteiger partial charge is 0.276 e. The van der Waals surface area contributed by atoms with Gasteiger partial charge in [0, 0.05) is 5.56 Å². The molecular formula is C17H15N3O5S2. The number of rotatable bonds is 6. The van der Waals surface area contributed by atoms with Gasteiger partial charge in [0.15, 0.2) is 0 Å². The van der Waals surface area contributed by atoms with Crippen LogP contribution < -0.4 is 9.97 Å². The van der Waals surface area contributed by atoms with Crippen LogP contribution in [-0.2, 0) is 20.0 Å². The molecule has 2 aromatic carbocycles. The molecule has 3 rings (SSSR count). The lowest BCUT2D eigenvalue weighted by Crippen LogP contribution is -2.18. The SMILES string of the molecule is NS(=O)(=O)c1ccc(-c2ccc(/C=N\NS(=O)(=O)c3ccccc3)o2)cc1. The van der Waals surface area contributed by atoms with E-state index in [1.807, 2.05) is 0 Å². The first-order chi connectivity index (χ1) is 12.8. The van der Waals surface area contributed by atoms with E-state index in [1.54, 1.807) is 42.5 Å². The van der Waals surface area contributed by atoms with Crippen LogP contribution in [0.15, 0.2) is 86.0 Å². The molecule has 0 amide bonds. The minimum Gasteiger partial charge on any atom is -0.455 e. The lowest BCUT2D eigenvalue weighted by Gasteiger charge is -2.02. The Morgan fingerprint density at radius 2 is 1.52 bits per heavy atom. The Hall–Kier alpha value is -2.95. The number of nitrogens with two attached hydrogens (primary N) is 1. The molecule has 0 spiro atoms. The van der Waals surface area contributed by atoms with Gasteiger partial charge in [0.2, 0.25) is 10.0 Å². The fourth-order valence-corrected chi connectivity index (χ4v) is 3.53. The van der Waals surface area contributed by atoms with Crippen molar-refractivity contribution in [3.8, 4) is 11.3 Å². The highest BCUT2D eigenvalue weighted by Crippen LogP contribution is 2.23. The van der Waals surface area contributed by atoms with Gasteiger partial charge in [-0.3, -0.25) is 0 Å². The van der Waals surface area contributed by atoms with Gasteiger partial charge in [-0.1, -0.05) is 18.2 Å². The quantitative estimate of drug-likeness (QED) is 0.477. The molecule has 0 aliphatic carbocycles. The number of primary sulfonamides is 1. The third-order valence-corrected chi connectivity index (χ3v) is 5.68. The second-order valence-corrected chi connectivity index (χ2v) is 8.66. The zero-order valence-corrected chi connectivity index (χ0v) is 15.4. The number of nitrogens with zero attached hydrogens (tertiary/aromatic N) is 1. The predicted molar refractivity (Wildman–Crippen MR) is 99.9 cm³/mol. The lowest BCUT2D eigenvalue weighted by molar-refractivity contribution is 0.573. The zero-order valence-electron chi connectivity index (χ0n) is 13.8. The van der Waals surface area contributed by atoms with Crippen LogP contribution >= 0.6 is 0 Å². The molecule has 0 saturated heterocycles. The lowest BCUT2D eigenvalue weighted by atomic mass is 10.2. The fraction of sp³-hybridized carbons (Fsp3) is 0. The second kappa shape index (κ2) is 7.35. The van der Waals surface area contributed by atoms with Crippen LogP contribution in [0.1, 0.15) is 5.76 Å². The van der Waals surface area contributed by atoms with E-state index in [4.69, 9.17) is 9.56 Å². The highest BCUT2D eigenvalue weighted by molar-refractivity contribution is 7.89. The van der Waals surface area contributed by atoms with E-state index < -0.39 is 20.0 Å². The topological polar surface area (TPSA) is 132 Å². The van der Waals surface area contributed by atoms with Gasteiger partial charge >= 0.3 is 0 Å². The van der Waals surface area contributed by atoms with Crippen LogP contribution in [0.25, 0.3) is 11.3 Å². The highest BCUT2D eigenvalue weighted by Gasteiger charge is 2.12. The van der Waals surface area contributed by atoms with Crippen molar-refractivity contribution in [3.63, 3.8) is 0 Å². The molecule has 0 radical (unpaired) electrons. The van der Waals surface area contributed by atoms with Crippen molar-refractivity contribution in [2.24, 2.45) is 10.2 Å². The Morgan fingerprint density at radius 1 is 0.852 bits per heavy atom. The zero-order chi connectivity index (χ0) is 19.5. The molecular weight excluding hydrogens is 390 g/mol. The molecule has 0 fully saturated rings. The molecule has 0 aliphatic rings. The maximum Gasteiger partial charge on any atom is 0.276 e. The Kier molecular flexibility index (Phi) is 5.13. The van der Waals surface area contributed by atoms with E-state index in [9.17, 15) is 16.8 Å². The Bertz CT molecular complexity index is 1170.